The number of unbranched alkanes of at least 4 members (excludes halogenated alkanes) is 1. The van der Waals surface area contributed by atoms with Crippen molar-refractivity contribution in [2.75, 3.05) is 0 Å². The minimum Gasteiger partial charge on any atom is -0.481 e. The van der Waals surface area contributed by atoms with Crippen molar-refractivity contribution < 1.29 is 9.90 Å². The molecule has 0 aliphatic rings. The van der Waals surface area contributed by atoms with Crippen LogP contribution in [0.2, 0.25) is 5.02 Å². The Kier molecular flexibility index (Phi) is 20.4. The number of hydrogen-bond donors (Lipinski definition) is 1. The quantitative estimate of drug-likeness (QED) is 0.429. The van der Waals surface area contributed by atoms with Crippen molar-refractivity contribution in [2.24, 2.45) is 0 Å². The summed E-state index contributed by atoms with van der Waals surface area (Å²) in [5, 5.41) is 8.20. The van der Waals surface area contributed by atoms with Gasteiger partial charge in [-0.3, -0.25) is 4.79 Å². The van der Waals surface area contributed by atoms with Gasteiger partial charge in [0.25, 0.3) is 5.97 Å². The largest absolute Gasteiger partial charge is 0.481 e. The first-order chi connectivity index (χ1) is 14.8. The van der Waals surface area contributed by atoms with Crippen LogP contribution in [-0.2, 0) is 4.79 Å². The first-order valence-corrected chi connectivity index (χ1v) is 11.2. The monoisotopic (exact) mass is 442 g/mol. The van der Waals surface area contributed by atoms with Gasteiger partial charge in [-0.15, -0.1) is 0 Å². The van der Waals surface area contributed by atoms with Crippen LogP contribution >= 0.6 is 11.6 Å². The minimum absolute atomic E-state index is 0.779. The van der Waals surface area contributed by atoms with Crippen molar-refractivity contribution in [3.63, 3.8) is 0 Å². The van der Waals surface area contributed by atoms with Crippen molar-refractivity contribution >= 4 is 17.6 Å². The summed E-state index contributed by atoms with van der Waals surface area (Å²) in [5.41, 5.74) is 5.03. The summed E-state index contributed by atoms with van der Waals surface area (Å²) in [7, 11) is 0. The second kappa shape index (κ2) is 20.7. The zero-order chi connectivity index (χ0) is 24.1. The van der Waals surface area contributed by atoms with E-state index >= 15 is 0 Å². The standard InChI is InChI=1S/C13H11Cl.C7H8.C4H10.C2H4O2.C2H6/c1-10-2-4-11(5-3-10)12-6-8-13(14)9-7-12;1-7-5-3-2-4-6-7;1-3-4-2;1-2(3)4;1-2/h2-9H,1H3;2-6H,1H3;3-4H2,1-2H3;1H3,(H,3,4);1-2H3. The summed E-state index contributed by atoms with van der Waals surface area (Å²) in [4.78, 5) is 9.00. The van der Waals surface area contributed by atoms with Crippen LogP contribution in [0.25, 0.3) is 11.1 Å². The predicted molar refractivity (Wildman–Crippen MR) is 138 cm³/mol. The molecule has 3 aromatic carbocycles. The molecule has 3 rings (SSSR count). The van der Waals surface area contributed by atoms with Gasteiger partial charge in [-0.25, -0.2) is 0 Å². The van der Waals surface area contributed by atoms with E-state index in [0.29, 0.717) is 0 Å². The predicted octanol–water partition coefficient (Wildman–Crippen LogP) is 9.23. The van der Waals surface area contributed by atoms with E-state index in [9.17, 15) is 0 Å². The Balaban J connectivity index is 0. The maximum absolute atomic E-state index is 9.00. The van der Waals surface area contributed by atoms with E-state index in [-0.39, 0.29) is 0 Å². The first kappa shape index (κ1) is 30.6. The molecule has 0 unspecified atom stereocenters. The summed E-state index contributed by atoms with van der Waals surface area (Å²) in [6.45, 7) is 13.6. The fourth-order valence-corrected chi connectivity index (χ4v) is 2.05. The van der Waals surface area contributed by atoms with Crippen LogP contribution in [0.1, 0.15) is 58.6 Å². The van der Waals surface area contributed by atoms with Crippen LogP contribution in [-0.4, -0.2) is 11.1 Å². The summed E-state index contributed by atoms with van der Waals surface area (Å²) < 4.78 is 0. The SMILES string of the molecule is CC.CC(=O)O.CCCC.Cc1ccc(-c2ccc(Cl)cc2)cc1.Cc1ccccc1. The van der Waals surface area contributed by atoms with Crippen molar-refractivity contribution in [1.29, 1.82) is 0 Å². The van der Waals surface area contributed by atoms with Gasteiger partial charge >= 0.3 is 0 Å². The maximum atomic E-state index is 9.00. The Bertz CT molecular complexity index is 730. The molecule has 0 amide bonds. The molecule has 0 aromatic heterocycles. The molecule has 0 aliphatic heterocycles. The normalized spacial score (nSPS) is 8.52. The smallest absolute Gasteiger partial charge is 0.300 e. The number of carbonyl (C=O) groups is 1. The van der Waals surface area contributed by atoms with E-state index in [1.54, 1.807) is 0 Å². The van der Waals surface area contributed by atoms with Crippen LogP contribution in [0.5, 0.6) is 0 Å². The number of carboxylic acids is 1. The Morgan fingerprint density at radius 3 is 1.32 bits per heavy atom. The number of halogens is 1. The lowest BCUT2D eigenvalue weighted by Crippen LogP contribution is -1.78. The number of aliphatic carboxylic acids is 1. The molecular weight excluding hydrogens is 404 g/mol. The number of benzene rings is 3. The molecular formula is C28H39ClO2. The van der Waals surface area contributed by atoms with E-state index < -0.39 is 5.97 Å². The van der Waals surface area contributed by atoms with Gasteiger partial charge < -0.3 is 5.11 Å². The Hall–Kier alpha value is -2.58. The van der Waals surface area contributed by atoms with Crippen LogP contribution in [0.3, 0.4) is 0 Å². The summed E-state index contributed by atoms with van der Waals surface area (Å²) in [5.74, 6) is -0.833. The summed E-state index contributed by atoms with van der Waals surface area (Å²) in [6, 6.07) is 26.6. The van der Waals surface area contributed by atoms with E-state index in [4.69, 9.17) is 21.5 Å². The van der Waals surface area contributed by atoms with Gasteiger partial charge in [0, 0.05) is 11.9 Å². The Labute approximate surface area is 194 Å². The highest BCUT2D eigenvalue weighted by molar-refractivity contribution is 6.30. The lowest BCUT2D eigenvalue weighted by molar-refractivity contribution is -0.134. The molecule has 0 saturated carbocycles. The van der Waals surface area contributed by atoms with Gasteiger partial charge in [0.15, 0.2) is 0 Å². The zero-order valence-electron chi connectivity index (χ0n) is 20.2. The molecule has 0 fully saturated rings. The lowest BCUT2D eigenvalue weighted by Gasteiger charge is -2.01. The zero-order valence-corrected chi connectivity index (χ0v) is 20.9. The third-order valence-corrected chi connectivity index (χ3v) is 3.92. The Morgan fingerprint density at radius 2 is 1.03 bits per heavy atom. The average molecular weight is 443 g/mol. The third-order valence-electron chi connectivity index (χ3n) is 3.67. The van der Waals surface area contributed by atoms with Gasteiger partial charge in [-0.2, -0.15) is 0 Å². The van der Waals surface area contributed by atoms with Crippen molar-refractivity contribution in [1.82, 2.24) is 0 Å². The van der Waals surface area contributed by atoms with Gasteiger partial charge in [0.05, 0.1) is 0 Å². The Morgan fingerprint density at radius 1 is 0.710 bits per heavy atom. The second-order valence-corrected chi connectivity index (χ2v) is 6.98. The number of aryl methyl sites for hydroxylation is 2. The first-order valence-electron chi connectivity index (χ1n) is 10.8. The van der Waals surface area contributed by atoms with Gasteiger partial charge in [0.1, 0.15) is 0 Å². The molecule has 0 saturated heterocycles. The lowest BCUT2D eigenvalue weighted by atomic mass is 10.0. The molecule has 0 bridgehead atoms. The average Bonchev–Trinajstić information content (AvgIpc) is 2.77. The van der Waals surface area contributed by atoms with E-state index in [1.165, 1.54) is 35.1 Å². The second-order valence-electron chi connectivity index (χ2n) is 6.55. The topological polar surface area (TPSA) is 37.3 Å². The van der Waals surface area contributed by atoms with Gasteiger partial charge in [0.2, 0.25) is 0 Å². The fraction of sp³-hybridized carbons (Fsp3) is 0.321. The molecule has 0 aliphatic carbocycles. The van der Waals surface area contributed by atoms with E-state index in [1.807, 2.05) is 56.3 Å². The van der Waals surface area contributed by atoms with Crippen LogP contribution in [0.15, 0.2) is 78.9 Å². The number of carboxylic acid groups (broad SMARTS) is 1. The molecule has 170 valence electrons. The highest BCUT2D eigenvalue weighted by Gasteiger charge is 1.96. The molecule has 3 heteroatoms. The van der Waals surface area contributed by atoms with Crippen LogP contribution in [0.4, 0.5) is 0 Å². The fourth-order valence-electron chi connectivity index (χ4n) is 1.92. The third kappa shape index (κ3) is 19.1. The molecule has 0 spiro atoms. The van der Waals surface area contributed by atoms with Gasteiger partial charge in [-0.05, 0) is 37.1 Å². The van der Waals surface area contributed by atoms with Crippen LogP contribution < -0.4 is 0 Å². The molecule has 0 atom stereocenters. The summed E-state index contributed by atoms with van der Waals surface area (Å²) in [6.07, 6.45) is 2.64. The summed E-state index contributed by atoms with van der Waals surface area (Å²) >= 11 is 5.82. The van der Waals surface area contributed by atoms with Crippen LogP contribution in [0, 0.1) is 13.8 Å². The van der Waals surface area contributed by atoms with Crippen molar-refractivity contribution in [2.45, 2.75) is 61.3 Å². The molecule has 0 radical (unpaired) electrons. The molecule has 0 heterocycles. The number of rotatable bonds is 2. The minimum atomic E-state index is -0.833. The number of hydrogen-bond acceptors (Lipinski definition) is 1. The van der Waals surface area contributed by atoms with Gasteiger partial charge in [-0.1, -0.05) is 130 Å². The van der Waals surface area contributed by atoms with E-state index in [0.717, 1.165) is 11.9 Å². The maximum Gasteiger partial charge on any atom is 0.300 e. The van der Waals surface area contributed by atoms with E-state index in [2.05, 4.69) is 64.1 Å². The van der Waals surface area contributed by atoms with Crippen molar-refractivity contribution in [3.8, 4) is 11.1 Å². The highest BCUT2D eigenvalue weighted by atomic mass is 35.5. The molecule has 2 nitrogen and oxygen atoms in total. The molecule has 1 N–H and O–H groups in total. The van der Waals surface area contributed by atoms with Crippen molar-refractivity contribution in [3.05, 3.63) is 95.0 Å². The molecule has 3 aromatic rings. The highest BCUT2D eigenvalue weighted by Crippen LogP contribution is 2.21. The molecule has 31 heavy (non-hydrogen) atoms.